The average molecular weight is 354 g/mol. The van der Waals surface area contributed by atoms with E-state index in [2.05, 4.69) is 23.3 Å². The Labute approximate surface area is 143 Å². The molecule has 2 N–H and O–H groups in total. The summed E-state index contributed by atoms with van der Waals surface area (Å²) in [6.45, 7) is 1.83. The Morgan fingerprint density at radius 3 is 2.46 bits per heavy atom. The molecule has 2 rings (SSSR count). The molecule has 0 aliphatic rings. The number of hydrogen-bond donors (Lipinski definition) is 3. The molecule has 0 fully saturated rings. The van der Waals surface area contributed by atoms with Gasteiger partial charge in [-0.05, 0) is 42.8 Å². The fourth-order valence-corrected chi connectivity index (χ4v) is 2.28. The zero-order valence-corrected chi connectivity index (χ0v) is 13.8. The summed E-state index contributed by atoms with van der Waals surface area (Å²) in [6.07, 6.45) is -4.38. The molecule has 1 unspecified atom stereocenters. The SMILES string of the molecule is CC(Nc1cccc(C(F)(F)F)c1)c1cccc(NC(=O)CS)c1. The van der Waals surface area contributed by atoms with Crippen LogP contribution in [0.1, 0.15) is 24.1 Å². The van der Waals surface area contributed by atoms with Crippen LogP contribution in [0.4, 0.5) is 24.5 Å². The molecule has 0 saturated carbocycles. The lowest BCUT2D eigenvalue weighted by Gasteiger charge is -2.18. The van der Waals surface area contributed by atoms with Gasteiger partial charge >= 0.3 is 6.18 Å². The molecule has 0 aromatic heterocycles. The van der Waals surface area contributed by atoms with Gasteiger partial charge in [-0.15, -0.1) is 0 Å². The molecule has 7 heteroatoms. The van der Waals surface area contributed by atoms with Crippen LogP contribution in [0, 0.1) is 0 Å². The molecule has 0 aliphatic heterocycles. The van der Waals surface area contributed by atoms with Gasteiger partial charge < -0.3 is 10.6 Å². The topological polar surface area (TPSA) is 41.1 Å². The van der Waals surface area contributed by atoms with Crippen molar-refractivity contribution in [3.8, 4) is 0 Å². The molecule has 128 valence electrons. The quantitative estimate of drug-likeness (QED) is 0.679. The summed E-state index contributed by atoms with van der Waals surface area (Å²) in [7, 11) is 0. The lowest BCUT2D eigenvalue weighted by Crippen LogP contribution is -2.13. The zero-order chi connectivity index (χ0) is 17.7. The van der Waals surface area contributed by atoms with E-state index < -0.39 is 11.7 Å². The van der Waals surface area contributed by atoms with Gasteiger partial charge in [-0.1, -0.05) is 18.2 Å². The van der Waals surface area contributed by atoms with Crippen LogP contribution in [-0.4, -0.2) is 11.7 Å². The number of thiol groups is 1. The van der Waals surface area contributed by atoms with Gasteiger partial charge in [0.25, 0.3) is 0 Å². The van der Waals surface area contributed by atoms with Crippen molar-refractivity contribution in [1.82, 2.24) is 0 Å². The third kappa shape index (κ3) is 4.92. The summed E-state index contributed by atoms with van der Waals surface area (Å²) in [6, 6.07) is 11.9. The molecule has 2 aromatic carbocycles. The highest BCUT2D eigenvalue weighted by molar-refractivity contribution is 7.81. The second-order valence-electron chi connectivity index (χ2n) is 5.28. The van der Waals surface area contributed by atoms with Crippen LogP contribution in [0.2, 0.25) is 0 Å². The van der Waals surface area contributed by atoms with Gasteiger partial charge in [0.05, 0.1) is 11.3 Å². The number of rotatable bonds is 5. The predicted octanol–water partition coefficient (Wildman–Crippen LogP) is 4.75. The number of halogens is 3. The summed E-state index contributed by atoms with van der Waals surface area (Å²) in [5.74, 6) is -0.156. The summed E-state index contributed by atoms with van der Waals surface area (Å²) >= 11 is 3.89. The number of carbonyl (C=O) groups is 1. The minimum Gasteiger partial charge on any atom is -0.379 e. The minimum absolute atomic E-state index is 0.0717. The van der Waals surface area contributed by atoms with Crippen molar-refractivity contribution >= 4 is 29.9 Å². The van der Waals surface area contributed by atoms with Gasteiger partial charge in [-0.2, -0.15) is 25.8 Å². The molecule has 0 aliphatic carbocycles. The first kappa shape index (κ1) is 18.2. The van der Waals surface area contributed by atoms with E-state index in [-0.39, 0.29) is 17.7 Å². The normalized spacial score (nSPS) is 12.5. The summed E-state index contributed by atoms with van der Waals surface area (Å²) < 4.78 is 38.3. The van der Waals surface area contributed by atoms with Gasteiger partial charge in [0.2, 0.25) is 5.91 Å². The Morgan fingerprint density at radius 1 is 1.12 bits per heavy atom. The Bertz CT molecular complexity index is 719. The van der Waals surface area contributed by atoms with Crippen LogP contribution in [0.15, 0.2) is 48.5 Å². The number of benzene rings is 2. The maximum Gasteiger partial charge on any atom is 0.416 e. The van der Waals surface area contributed by atoms with E-state index in [1.54, 1.807) is 24.3 Å². The second-order valence-corrected chi connectivity index (χ2v) is 5.59. The molecular formula is C17H17F3N2OS. The third-order valence-corrected chi connectivity index (χ3v) is 3.67. The fourth-order valence-electron chi connectivity index (χ4n) is 2.20. The van der Waals surface area contributed by atoms with Crippen molar-refractivity contribution in [3.63, 3.8) is 0 Å². The lowest BCUT2D eigenvalue weighted by molar-refractivity contribution is -0.137. The molecule has 3 nitrogen and oxygen atoms in total. The van der Waals surface area contributed by atoms with Gasteiger partial charge in [0.15, 0.2) is 0 Å². The Morgan fingerprint density at radius 2 is 1.79 bits per heavy atom. The molecule has 2 aromatic rings. The molecule has 1 atom stereocenters. The van der Waals surface area contributed by atoms with E-state index in [0.717, 1.165) is 17.7 Å². The first-order valence-corrected chi connectivity index (χ1v) is 7.87. The van der Waals surface area contributed by atoms with Crippen LogP contribution in [0.25, 0.3) is 0 Å². The van der Waals surface area contributed by atoms with E-state index in [4.69, 9.17) is 0 Å². The lowest BCUT2D eigenvalue weighted by atomic mass is 10.1. The van der Waals surface area contributed by atoms with Crippen LogP contribution >= 0.6 is 12.6 Å². The fraction of sp³-hybridized carbons (Fsp3) is 0.235. The highest BCUT2D eigenvalue weighted by Crippen LogP contribution is 2.31. The molecule has 0 heterocycles. The zero-order valence-electron chi connectivity index (χ0n) is 12.9. The Kier molecular flexibility index (Phi) is 5.77. The highest BCUT2D eigenvalue weighted by atomic mass is 32.1. The number of anilines is 2. The van der Waals surface area contributed by atoms with Crippen LogP contribution < -0.4 is 10.6 Å². The summed E-state index contributed by atoms with van der Waals surface area (Å²) in [5, 5.41) is 5.73. The standard InChI is InChI=1S/C17H17F3N2OS/c1-11(12-4-2-6-14(8-12)22-16(23)10-24)21-15-7-3-5-13(9-15)17(18,19)20/h2-9,11,21,24H,10H2,1H3,(H,22,23). The predicted molar refractivity (Wildman–Crippen MR) is 92.4 cm³/mol. The Balaban J connectivity index is 2.14. The number of nitrogens with one attached hydrogen (secondary N) is 2. The van der Waals surface area contributed by atoms with E-state index in [9.17, 15) is 18.0 Å². The average Bonchev–Trinajstić information content (AvgIpc) is 2.54. The molecule has 24 heavy (non-hydrogen) atoms. The molecule has 0 spiro atoms. The third-order valence-electron chi connectivity index (χ3n) is 3.39. The smallest absolute Gasteiger partial charge is 0.379 e. The van der Waals surface area contributed by atoms with Crippen molar-refractivity contribution in [3.05, 3.63) is 59.7 Å². The number of hydrogen-bond acceptors (Lipinski definition) is 3. The number of amides is 1. The van der Waals surface area contributed by atoms with E-state index in [0.29, 0.717) is 11.4 Å². The van der Waals surface area contributed by atoms with Crippen LogP contribution in [0.5, 0.6) is 0 Å². The summed E-state index contributed by atoms with van der Waals surface area (Å²) in [5.41, 5.74) is 1.13. The van der Waals surface area contributed by atoms with Crippen LogP contribution in [0.3, 0.4) is 0 Å². The van der Waals surface area contributed by atoms with E-state index in [1.807, 2.05) is 13.0 Å². The van der Waals surface area contributed by atoms with Crippen molar-refractivity contribution in [2.45, 2.75) is 19.1 Å². The maximum absolute atomic E-state index is 12.8. The molecule has 0 radical (unpaired) electrons. The molecule has 0 saturated heterocycles. The van der Waals surface area contributed by atoms with Gasteiger partial charge in [0.1, 0.15) is 0 Å². The Hall–Kier alpha value is -2.15. The van der Waals surface area contributed by atoms with Crippen molar-refractivity contribution in [2.24, 2.45) is 0 Å². The van der Waals surface area contributed by atoms with E-state index >= 15 is 0 Å². The summed E-state index contributed by atoms with van der Waals surface area (Å²) in [4.78, 5) is 11.4. The number of carbonyl (C=O) groups excluding carboxylic acids is 1. The molecule has 0 bridgehead atoms. The van der Waals surface area contributed by atoms with Crippen LogP contribution in [-0.2, 0) is 11.0 Å². The maximum atomic E-state index is 12.8. The largest absolute Gasteiger partial charge is 0.416 e. The van der Waals surface area contributed by atoms with Crippen molar-refractivity contribution < 1.29 is 18.0 Å². The number of alkyl halides is 3. The molecular weight excluding hydrogens is 337 g/mol. The second kappa shape index (κ2) is 7.61. The first-order valence-electron chi connectivity index (χ1n) is 7.24. The van der Waals surface area contributed by atoms with Gasteiger partial charge in [-0.3, -0.25) is 4.79 Å². The first-order chi connectivity index (χ1) is 11.3. The van der Waals surface area contributed by atoms with Crippen molar-refractivity contribution in [1.29, 1.82) is 0 Å². The highest BCUT2D eigenvalue weighted by Gasteiger charge is 2.30. The molecule has 1 amide bonds. The minimum atomic E-state index is -4.38. The van der Waals surface area contributed by atoms with E-state index in [1.165, 1.54) is 6.07 Å². The van der Waals surface area contributed by atoms with Gasteiger partial charge in [-0.25, -0.2) is 0 Å². The van der Waals surface area contributed by atoms with Crippen molar-refractivity contribution in [2.75, 3.05) is 16.4 Å². The van der Waals surface area contributed by atoms with Gasteiger partial charge in [0, 0.05) is 17.4 Å². The monoisotopic (exact) mass is 354 g/mol.